The Morgan fingerprint density at radius 1 is 1.33 bits per heavy atom. The Hall–Kier alpha value is -1.44. The summed E-state index contributed by atoms with van der Waals surface area (Å²) in [5.74, 6) is -0.823. The van der Waals surface area contributed by atoms with E-state index in [4.69, 9.17) is 16.3 Å². The van der Waals surface area contributed by atoms with Crippen molar-refractivity contribution in [3.63, 3.8) is 0 Å². The first-order chi connectivity index (χ1) is 11.3. The lowest BCUT2D eigenvalue weighted by Gasteiger charge is -2.19. The average Bonchev–Trinajstić information content (AvgIpc) is 2.93. The highest BCUT2D eigenvalue weighted by atomic mass is 35.5. The van der Waals surface area contributed by atoms with Crippen LogP contribution in [0.3, 0.4) is 0 Å². The second-order valence-corrected chi connectivity index (χ2v) is 7.80. The Kier molecular flexibility index (Phi) is 6.01. The number of ketones is 1. The van der Waals surface area contributed by atoms with E-state index in [1.165, 1.54) is 22.5 Å². The number of carbonyl (C=O) groups excluding carboxylic acids is 2. The van der Waals surface area contributed by atoms with E-state index in [1.54, 1.807) is 13.8 Å². The summed E-state index contributed by atoms with van der Waals surface area (Å²) in [6.45, 7) is 4.03. The van der Waals surface area contributed by atoms with E-state index in [0.717, 1.165) is 0 Å². The van der Waals surface area contributed by atoms with Gasteiger partial charge in [-0.25, -0.2) is 13.2 Å². The first-order valence-electron chi connectivity index (χ1n) is 7.84. The predicted molar refractivity (Wildman–Crippen MR) is 89.6 cm³/mol. The third-order valence-corrected chi connectivity index (χ3v) is 6.52. The minimum absolute atomic E-state index is 0.0374. The van der Waals surface area contributed by atoms with Gasteiger partial charge in [-0.05, 0) is 31.0 Å². The molecule has 0 aromatic heterocycles. The smallest absolute Gasteiger partial charge is 0.338 e. The summed E-state index contributed by atoms with van der Waals surface area (Å²) in [4.78, 5) is 23.7. The summed E-state index contributed by atoms with van der Waals surface area (Å²) in [5.41, 5.74) is 0.0600. The average molecular weight is 374 g/mol. The maximum atomic E-state index is 12.6. The third kappa shape index (κ3) is 3.79. The Labute approximate surface area is 146 Å². The highest BCUT2D eigenvalue weighted by Crippen LogP contribution is 2.27. The van der Waals surface area contributed by atoms with E-state index in [-0.39, 0.29) is 21.3 Å². The van der Waals surface area contributed by atoms with Crippen LogP contribution < -0.4 is 0 Å². The molecule has 1 atom stereocenters. The predicted octanol–water partition coefficient (Wildman–Crippen LogP) is 2.65. The van der Waals surface area contributed by atoms with Crippen LogP contribution in [0, 0.1) is 0 Å². The van der Waals surface area contributed by atoms with Gasteiger partial charge < -0.3 is 4.74 Å². The molecule has 1 aromatic carbocycles. The van der Waals surface area contributed by atoms with E-state index in [0.29, 0.717) is 32.4 Å². The summed E-state index contributed by atoms with van der Waals surface area (Å²) in [7, 11) is -3.80. The minimum Gasteiger partial charge on any atom is -0.451 e. The molecular formula is C16H20ClNO5S. The van der Waals surface area contributed by atoms with E-state index >= 15 is 0 Å². The fourth-order valence-electron chi connectivity index (χ4n) is 2.64. The fraction of sp³-hybridized carbons (Fsp3) is 0.500. The molecule has 1 aliphatic rings. The van der Waals surface area contributed by atoms with Crippen LogP contribution >= 0.6 is 11.6 Å². The Bertz CT molecular complexity index is 743. The number of Topliss-reactive ketones (excluding diaryl/α,β-unsaturated/α-hetero) is 1. The minimum atomic E-state index is -3.80. The SMILES string of the molecule is CCN(CC)S(=O)(=O)c1cc(C(=O)O[C@H]2CCCC2=O)ccc1Cl. The van der Waals surface area contributed by atoms with Gasteiger partial charge in [0, 0.05) is 19.5 Å². The van der Waals surface area contributed by atoms with Crippen molar-refractivity contribution in [2.24, 2.45) is 0 Å². The van der Waals surface area contributed by atoms with Crippen molar-refractivity contribution in [2.75, 3.05) is 13.1 Å². The summed E-state index contributed by atoms with van der Waals surface area (Å²) in [6, 6.07) is 3.95. The van der Waals surface area contributed by atoms with Gasteiger partial charge in [-0.15, -0.1) is 0 Å². The number of sulfonamides is 1. The van der Waals surface area contributed by atoms with Gasteiger partial charge >= 0.3 is 5.97 Å². The second kappa shape index (κ2) is 7.63. The summed E-state index contributed by atoms with van der Waals surface area (Å²) in [6.07, 6.45) is 0.859. The molecule has 1 aromatic rings. The third-order valence-electron chi connectivity index (χ3n) is 3.99. The molecule has 1 aliphatic carbocycles. The summed E-state index contributed by atoms with van der Waals surface area (Å²) >= 11 is 6.02. The summed E-state index contributed by atoms with van der Waals surface area (Å²) in [5, 5.41) is 0.0374. The van der Waals surface area contributed by atoms with Crippen LogP contribution in [0.15, 0.2) is 23.1 Å². The van der Waals surface area contributed by atoms with Crippen molar-refractivity contribution in [1.29, 1.82) is 0 Å². The first-order valence-corrected chi connectivity index (χ1v) is 9.66. The molecule has 0 unspecified atom stereocenters. The number of nitrogens with zero attached hydrogens (tertiary/aromatic N) is 1. The van der Waals surface area contributed by atoms with Gasteiger partial charge in [-0.2, -0.15) is 4.31 Å². The molecule has 0 amide bonds. The topological polar surface area (TPSA) is 80.8 Å². The molecule has 1 saturated carbocycles. The van der Waals surface area contributed by atoms with Gasteiger partial charge in [-0.1, -0.05) is 25.4 Å². The van der Waals surface area contributed by atoms with Crippen LogP contribution in [-0.2, 0) is 19.6 Å². The Morgan fingerprint density at radius 3 is 2.54 bits per heavy atom. The quantitative estimate of drug-likeness (QED) is 0.716. The standard InChI is InChI=1S/C16H20ClNO5S/c1-3-18(4-2)24(21,22)15-10-11(8-9-12(15)17)16(20)23-14-7-5-6-13(14)19/h8-10,14H,3-7H2,1-2H3/t14-/m0/s1. The van der Waals surface area contributed by atoms with Crippen LogP contribution in [0.5, 0.6) is 0 Å². The molecule has 0 saturated heterocycles. The van der Waals surface area contributed by atoms with Crippen molar-refractivity contribution >= 4 is 33.4 Å². The maximum Gasteiger partial charge on any atom is 0.338 e. The first kappa shape index (κ1) is 18.9. The molecule has 8 heteroatoms. The molecule has 0 N–H and O–H groups in total. The van der Waals surface area contributed by atoms with E-state index in [9.17, 15) is 18.0 Å². The number of carbonyl (C=O) groups is 2. The second-order valence-electron chi connectivity index (χ2n) is 5.49. The number of ether oxygens (including phenoxy) is 1. The van der Waals surface area contributed by atoms with E-state index < -0.39 is 22.1 Å². The molecule has 0 aliphatic heterocycles. The molecule has 1 fully saturated rings. The molecule has 24 heavy (non-hydrogen) atoms. The Balaban J connectivity index is 2.31. The molecule has 0 spiro atoms. The van der Waals surface area contributed by atoms with Gasteiger partial charge in [0.1, 0.15) is 4.90 Å². The van der Waals surface area contributed by atoms with Crippen LogP contribution in [0.1, 0.15) is 43.5 Å². The largest absolute Gasteiger partial charge is 0.451 e. The van der Waals surface area contributed by atoms with Gasteiger partial charge in [0.25, 0.3) is 0 Å². The summed E-state index contributed by atoms with van der Waals surface area (Å²) < 4.78 is 31.7. The van der Waals surface area contributed by atoms with Gasteiger partial charge in [0.2, 0.25) is 10.0 Å². The van der Waals surface area contributed by atoms with Crippen LogP contribution in [-0.4, -0.2) is 43.7 Å². The van der Waals surface area contributed by atoms with Crippen molar-refractivity contribution in [2.45, 2.75) is 44.1 Å². The van der Waals surface area contributed by atoms with Gasteiger partial charge in [-0.3, -0.25) is 4.79 Å². The molecule has 2 rings (SSSR count). The number of benzene rings is 1. The zero-order valence-electron chi connectivity index (χ0n) is 13.6. The number of rotatable bonds is 6. The molecule has 0 bridgehead atoms. The maximum absolute atomic E-state index is 12.6. The Morgan fingerprint density at radius 2 is 2.00 bits per heavy atom. The van der Waals surface area contributed by atoms with Gasteiger partial charge in [0.05, 0.1) is 10.6 Å². The number of hydrogen-bond acceptors (Lipinski definition) is 5. The van der Waals surface area contributed by atoms with E-state index in [1.807, 2.05) is 0 Å². The van der Waals surface area contributed by atoms with E-state index in [2.05, 4.69) is 0 Å². The van der Waals surface area contributed by atoms with Crippen LogP contribution in [0.2, 0.25) is 5.02 Å². The van der Waals surface area contributed by atoms with Crippen molar-refractivity contribution in [3.05, 3.63) is 28.8 Å². The normalized spacial score (nSPS) is 18.2. The lowest BCUT2D eigenvalue weighted by molar-refractivity contribution is -0.124. The zero-order valence-corrected chi connectivity index (χ0v) is 15.2. The highest BCUT2D eigenvalue weighted by Gasteiger charge is 2.30. The molecular weight excluding hydrogens is 354 g/mol. The molecule has 0 heterocycles. The highest BCUT2D eigenvalue weighted by molar-refractivity contribution is 7.89. The van der Waals surface area contributed by atoms with Crippen molar-refractivity contribution in [3.8, 4) is 0 Å². The zero-order chi connectivity index (χ0) is 17.9. The molecule has 6 nitrogen and oxygen atoms in total. The number of esters is 1. The monoisotopic (exact) mass is 373 g/mol. The van der Waals surface area contributed by atoms with Crippen molar-refractivity contribution in [1.82, 2.24) is 4.31 Å². The number of hydrogen-bond donors (Lipinski definition) is 0. The van der Waals surface area contributed by atoms with Crippen LogP contribution in [0.4, 0.5) is 0 Å². The fourth-order valence-corrected chi connectivity index (χ4v) is 4.59. The molecule has 0 radical (unpaired) electrons. The lowest BCUT2D eigenvalue weighted by atomic mass is 10.2. The lowest BCUT2D eigenvalue weighted by Crippen LogP contribution is -2.31. The van der Waals surface area contributed by atoms with Crippen LogP contribution in [0.25, 0.3) is 0 Å². The van der Waals surface area contributed by atoms with Crippen molar-refractivity contribution < 1.29 is 22.7 Å². The molecule has 132 valence electrons. The number of halogens is 1. The van der Waals surface area contributed by atoms with Gasteiger partial charge in [0.15, 0.2) is 11.9 Å².